The molecule has 3 aromatic rings. The molecule has 0 aliphatic rings. The van der Waals surface area contributed by atoms with E-state index in [2.05, 4.69) is 32.1 Å². The molecule has 31 heavy (non-hydrogen) atoms. The standard InChI is InChI=1S/C25H26O6/c1-15(2)8-6-4-3-5-7-9-16-10-11-18-21(12-16)31-25(24(30)22(18)28)17-13-19(26)23(29)20(27)14-17/h3,5,8,10-14,26-27,29-30H,4,6-7,9H2,1-2H3. The van der Waals surface area contributed by atoms with E-state index in [9.17, 15) is 25.2 Å². The summed E-state index contributed by atoms with van der Waals surface area (Å²) in [6, 6.07) is 7.39. The van der Waals surface area contributed by atoms with E-state index in [1.165, 1.54) is 5.57 Å². The Bertz CT molecular complexity index is 1190. The highest BCUT2D eigenvalue weighted by Crippen LogP contribution is 2.41. The number of allylic oxidation sites excluding steroid dienone is 4. The minimum atomic E-state index is -0.692. The van der Waals surface area contributed by atoms with Gasteiger partial charge in [-0.2, -0.15) is 0 Å². The molecule has 1 heterocycles. The second-order valence-electron chi connectivity index (χ2n) is 7.67. The van der Waals surface area contributed by atoms with E-state index in [-0.39, 0.29) is 22.3 Å². The lowest BCUT2D eigenvalue weighted by atomic mass is 10.0. The van der Waals surface area contributed by atoms with Crippen LogP contribution in [0.3, 0.4) is 0 Å². The van der Waals surface area contributed by atoms with E-state index in [1.807, 2.05) is 6.07 Å². The highest BCUT2D eigenvalue weighted by molar-refractivity contribution is 5.83. The van der Waals surface area contributed by atoms with E-state index in [4.69, 9.17) is 4.42 Å². The quantitative estimate of drug-likeness (QED) is 0.227. The fourth-order valence-corrected chi connectivity index (χ4v) is 3.27. The van der Waals surface area contributed by atoms with Crippen molar-refractivity contribution in [2.24, 2.45) is 0 Å². The van der Waals surface area contributed by atoms with Crippen LogP contribution in [-0.4, -0.2) is 20.4 Å². The summed E-state index contributed by atoms with van der Waals surface area (Å²) >= 11 is 0. The van der Waals surface area contributed by atoms with Crippen LogP contribution in [0.25, 0.3) is 22.3 Å². The maximum atomic E-state index is 12.6. The number of rotatable bonds is 7. The number of fused-ring (bicyclic) bond motifs is 1. The average molecular weight is 422 g/mol. The number of unbranched alkanes of at least 4 members (excludes halogenated alkanes) is 1. The second-order valence-corrected chi connectivity index (χ2v) is 7.67. The van der Waals surface area contributed by atoms with Crippen LogP contribution < -0.4 is 5.43 Å². The van der Waals surface area contributed by atoms with Gasteiger partial charge < -0.3 is 24.8 Å². The molecule has 0 amide bonds. The van der Waals surface area contributed by atoms with Gasteiger partial charge in [0.05, 0.1) is 5.39 Å². The van der Waals surface area contributed by atoms with Crippen LogP contribution in [-0.2, 0) is 6.42 Å². The van der Waals surface area contributed by atoms with Gasteiger partial charge in [0.25, 0.3) is 0 Å². The zero-order chi connectivity index (χ0) is 22.5. The second kappa shape index (κ2) is 9.43. The molecule has 2 aromatic carbocycles. The van der Waals surface area contributed by atoms with Crippen LogP contribution in [0.4, 0.5) is 0 Å². The van der Waals surface area contributed by atoms with Crippen molar-refractivity contribution in [3.05, 3.63) is 69.9 Å². The first-order valence-corrected chi connectivity index (χ1v) is 10.1. The lowest BCUT2D eigenvalue weighted by Gasteiger charge is -2.09. The summed E-state index contributed by atoms with van der Waals surface area (Å²) in [6.45, 7) is 4.17. The third-order valence-corrected chi connectivity index (χ3v) is 4.92. The van der Waals surface area contributed by atoms with Gasteiger partial charge in [-0.3, -0.25) is 4.79 Å². The smallest absolute Gasteiger partial charge is 0.235 e. The summed E-state index contributed by atoms with van der Waals surface area (Å²) in [5, 5.41) is 39.5. The lowest BCUT2D eigenvalue weighted by Crippen LogP contribution is -2.03. The van der Waals surface area contributed by atoms with E-state index >= 15 is 0 Å². The SMILES string of the molecule is CC(C)=CCCC=CCCc1ccc2c(=O)c(O)c(-c3cc(O)c(O)c(O)c3)oc2c1. The normalized spacial score (nSPS) is 11.3. The molecule has 0 radical (unpaired) electrons. The molecule has 0 aliphatic heterocycles. The van der Waals surface area contributed by atoms with Crippen molar-refractivity contribution in [3.8, 4) is 34.3 Å². The maximum absolute atomic E-state index is 12.6. The first-order chi connectivity index (χ1) is 14.8. The Balaban J connectivity index is 1.86. The third-order valence-electron chi connectivity index (χ3n) is 4.92. The van der Waals surface area contributed by atoms with Crippen LogP contribution in [0.1, 0.15) is 38.7 Å². The molecule has 0 atom stereocenters. The Kier molecular flexibility index (Phi) is 6.70. The summed E-state index contributed by atoms with van der Waals surface area (Å²) in [5.74, 6) is -2.71. The molecule has 0 aliphatic carbocycles. The molecule has 0 unspecified atom stereocenters. The van der Waals surface area contributed by atoms with Crippen molar-refractivity contribution in [1.29, 1.82) is 0 Å². The van der Waals surface area contributed by atoms with Crippen molar-refractivity contribution in [1.82, 2.24) is 0 Å². The number of phenolic OH excluding ortho intramolecular Hbond substituents is 3. The highest BCUT2D eigenvalue weighted by Gasteiger charge is 2.18. The molecule has 0 spiro atoms. The topological polar surface area (TPSA) is 111 Å². The predicted molar refractivity (Wildman–Crippen MR) is 121 cm³/mol. The molecule has 0 saturated heterocycles. The van der Waals surface area contributed by atoms with Gasteiger partial charge in [-0.25, -0.2) is 0 Å². The zero-order valence-corrected chi connectivity index (χ0v) is 17.6. The van der Waals surface area contributed by atoms with Crippen molar-refractivity contribution < 1.29 is 24.8 Å². The van der Waals surface area contributed by atoms with Crippen LogP contribution in [0.15, 0.2) is 63.3 Å². The molecule has 6 heteroatoms. The molecular formula is C25H26O6. The number of hydrogen-bond donors (Lipinski definition) is 4. The summed E-state index contributed by atoms with van der Waals surface area (Å²) in [7, 11) is 0. The summed E-state index contributed by atoms with van der Waals surface area (Å²) in [6.07, 6.45) is 10.1. The molecule has 1 aromatic heterocycles. The number of aromatic hydroxyl groups is 4. The zero-order valence-electron chi connectivity index (χ0n) is 17.6. The van der Waals surface area contributed by atoms with Crippen LogP contribution >= 0.6 is 0 Å². The number of benzene rings is 2. The van der Waals surface area contributed by atoms with Gasteiger partial charge in [-0.1, -0.05) is 29.9 Å². The molecule has 3 rings (SSSR count). The first-order valence-electron chi connectivity index (χ1n) is 10.1. The Morgan fingerprint density at radius 3 is 2.26 bits per heavy atom. The molecule has 6 nitrogen and oxygen atoms in total. The molecule has 162 valence electrons. The maximum Gasteiger partial charge on any atom is 0.235 e. The fourth-order valence-electron chi connectivity index (χ4n) is 3.27. The number of phenols is 3. The van der Waals surface area contributed by atoms with Gasteiger partial charge in [-0.15, -0.1) is 0 Å². The van der Waals surface area contributed by atoms with E-state index < -0.39 is 28.4 Å². The molecular weight excluding hydrogens is 396 g/mol. The van der Waals surface area contributed by atoms with Gasteiger partial charge in [0, 0.05) is 5.56 Å². The molecule has 0 saturated carbocycles. The van der Waals surface area contributed by atoms with Gasteiger partial charge in [0.1, 0.15) is 5.58 Å². The van der Waals surface area contributed by atoms with Crippen molar-refractivity contribution in [2.45, 2.75) is 39.5 Å². The Hall–Kier alpha value is -3.67. The van der Waals surface area contributed by atoms with Gasteiger partial charge in [0.15, 0.2) is 23.0 Å². The monoisotopic (exact) mass is 422 g/mol. The summed E-state index contributed by atoms with van der Waals surface area (Å²) in [5.41, 5.74) is 2.02. The third kappa shape index (κ3) is 5.09. The Labute approximate surface area is 180 Å². The lowest BCUT2D eigenvalue weighted by molar-refractivity contribution is 0.368. The fraction of sp³-hybridized carbons (Fsp3) is 0.240. The molecule has 0 bridgehead atoms. The Morgan fingerprint density at radius 1 is 0.903 bits per heavy atom. The van der Waals surface area contributed by atoms with Crippen LogP contribution in [0, 0.1) is 0 Å². The summed E-state index contributed by atoms with van der Waals surface area (Å²) in [4.78, 5) is 12.6. The van der Waals surface area contributed by atoms with Gasteiger partial charge in [0.2, 0.25) is 11.2 Å². The first kappa shape index (κ1) is 22.0. The summed E-state index contributed by atoms with van der Waals surface area (Å²) < 4.78 is 5.75. The van der Waals surface area contributed by atoms with Gasteiger partial charge in [-0.05, 0) is 69.4 Å². The minimum Gasteiger partial charge on any atom is -0.504 e. The van der Waals surface area contributed by atoms with Crippen molar-refractivity contribution in [3.63, 3.8) is 0 Å². The minimum absolute atomic E-state index is 0.0639. The predicted octanol–water partition coefficient (Wildman–Crippen LogP) is 5.52. The van der Waals surface area contributed by atoms with Crippen LogP contribution in [0.5, 0.6) is 23.0 Å². The van der Waals surface area contributed by atoms with Crippen molar-refractivity contribution >= 4 is 11.0 Å². The molecule has 0 fully saturated rings. The van der Waals surface area contributed by atoms with E-state index in [0.717, 1.165) is 43.4 Å². The largest absolute Gasteiger partial charge is 0.504 e. The average Bonchev–Trinajstić information content (AvgIpc) is 2.73. The van der Waals surface area contributed by atoms with E-state index in [1.54, 1.807) is 12.1 Å². The number of aryl methyl sites for hydroxylation is 1. The molecule has 4 N–H and O–H groups in total. The van der Waals surface area contributed by atoms with Gasteiger partial charge >= 0.3 is 0 Å². The van der Waals surface area contributed by atoms with E-state index in [0.29, 0.717) is 0 Å². The highest BCUT2D eigenvalue weighted by atomic mass is 16.4. The van der Waals surface area contributed by atoms with Crippen molar-refractivity contribution in [2.75, 3.05) is 0 Å². The van der Waals surface area contributed by atoms with Crippen LogP contribution in [0.2, 0.25) is 0 Å². The Morgan fingerprint density at radius 2 is 1.58 bits per heavy atom. The number of hydrogen-bond acceptors (Lipinski definition) is 6.